The fraction of sp³-hybridized carbons (Fsp3) is 0.550. The van der Waals surface area contributed by atoms with Gasteiger partial charge in [-0.25, -0.2) is 10.8 Å². The zero-order valence-electron chi connectivity index (χ0n) is 17.4. The molecule has 1 aliphatic rings. The van der Waals surface area contributed by atoms with Gasteiger partial charge in [-0.15, -0.1) is 0 Å². The number of aromatic nitrogens is 3. The van der Waals surface area contributed by atoms with Gasteiger partial charge in [0.2, 0.25) is 5.89 Å². The number of hydrogen-bond donors (Lipinski definition) is 2. The zero-order valence-corrected chi connectivity index (χ0v) is 17.4. The van der Waals surface area contributed by atoms with Gasteiger partial charge in [-0.1, -0.05) is 13.3 Å². The predicted octanol–water partition coefficient (Wildman–Crippen LogP) is 2.56. The largest absolute Gasteiger partial charge is 0.489 e. The number of pyridine rings is 1. The van der Waals surface area contributed by atoms with Crippen molar-refractivity contribution in [3.05, 3.63) is 35.1 Å². The Morgan fingerprint density at radius 1 is 1.24 bits per heavy atom. The van der Waals surface area contributed by atoms with Gasteiger partial charge < -0.3 is 24.7 Å². The van der Waals surface area contributed by atoms with Crippen LogP contribution >= 0.6 is 0 Å². The number of hydrogen-bond acceptors (Lipinski definition) is 9. The molecular formula is C20H30N6O3. The van der Waals surface area contributed by atoms with Crippen molar-refractivity contribution in [3.8, 4) is 11.8 Å². The van der Waals surface area contributed by atoms with Gasteiger partial charge in [0.05, 0.1) is 28.9 Å². The van der Waals surface area contributed by atoms with E-state index < -0.39 is 0 Å². The lowest BCUT2D eigenvalue weighted by Crippen LogP contribution is -2.31. The molecule has 0 atom stereocenters. The third-order valence-corrected chi connectivity index (χ3v) is 4.99. The maximum absolute atomic E-state index is 6.35. The highest BCUT2D eigenvalue weighted by Gasteiger charge is 2.18. The Morgan fingerprint density at radius 2 is 2.00 bits per heavy atom. The second-order valence-electron chi connectivity index (χ2n) is 7.24. The molecule has 0 amide bonds. The minimum Gasteiger partial charge on any atom is -0.489 e. The van der Waals surface area contributed by atoms with Crippen molar-refractivity contribution in [1.82, 2.24) is 20.1 Å². The standard InChI is InChI=1S/C20H30N6O3/c1-4-18-24-20(25-29-18)27-12-16(26(3)22)19(21)15-10-11-17(13(2)23-15)28-14-8-6-5-7-9-14/h10-11,14H,4-9,12,21-22H2,1-3H3/b19-16-. The van der Waals surface area contributed by atoms with Gasteiger partial charge in [0.1, 0.15) is 12.4 Å². The fourth-order valence-corrected chi connectivity index (χ4v) is 3.28. The molecule has 3 rings (SSSR count). The van der Waals surface area contributed by atoms with Crippen molar-refractivity contribution in [2.45, 2.75) is 58.5 Å². The minimum atomic E-state index is 0.0859. The summed E-state index contributed by atoms with van der Waals surface area (Å²) >= 11 is 0. The summed E-state index contributed by atoms with van der Waals surface area (Å²) in [5.41, 5.74) is 8.72. The van der Waals surface area contributed by atoms with E-state index >= 15 is 0 Å². The van der Waals surface area contributed by atoms with Crippen LogP contribution in [0, 0.1) is 6.92 Å². The van der Waals surface area contributed by atoms with E-state index in [2.05, 4.69) is 15.1 Å². The fourth-order valence-electron chi connectivity index (χ4n) is 3.28. The van der Waals surface area contributed by atoms with E-state index in [1.807, 2.05) is 26.0 Å². The van der Waals surface area contributed by atoms with Crippen LogP contribution in [0.5, 0.6) is 11.8 Å². The normalized spacial score (nSPS) is 15.7. The molecule has 9 heteroatoms. The molecule has 0 aliphatic heterocycles. The smallest absolute Gasteiger partial charge is 0.354 e. The second kappa shape index (κ2) is 9.60. The number of rotatable bonds is 8. The molecule has 0 radical (unpaired) electrons. The van der Waals surface area contributed by atoms with Crippen molar-refractivity contribution in [1.29, 1.82) is 0 Å². The van der Waals surface area contributed by atoms with Crippen LogP contribution < -0.4 is 21.1 Å². The first-order chi connectivity index (χ1) is 14.0. The number of hydrazine groups is 1. The van der Waals surface area contributed by atoms with E-state index in [-0.39, 0.29) is 18.7 Å². The Kier molecular flexibility index (Phi) is 6.92. The molecule has 1 fully saturated rings. The van der Waals surface area contributed by atoms with Gasteiger partial charge in [-0.05, 0) is 49.9 Å². The van der Waals surface area contributed by atoms with Gasteiger partial charge in [-0.2, -0.15) is 4.98 Å². The monoisotopic (exact) mass is 402 g/mol. The Morgan fingerprint density at radius 3 is 2.62 bits per heavy atom. The Hall–Kier alpha value is -2.81. The van der Waals surface area contributed by atoms with E-state index in [1.54, 1.807) is 7.05 Å². The second-order valence-corrected chi connectivity index (χ2v) is 7.24. The van der Waals surface area contributed by atoms with E-state index in [0.29, 0.717) is 29.4 Å². The summed E-state index contributed by atoms with van der Waals surface area (Å²) in [5.74, 6) is 7.26. The molecule has 158 valence electrons. The molecule has 0 spiro atoms. The third kappa shape index (κ3) is 5.38. The zero-order chi connectivity index (χ0) is 20.8. The van der Waals surface area contributed by atoms with Gasteiger partial charge in [-0.3, -0.25) is 0 Å². The highest BCUT2D eigenvalue weighted by atomic mass is 16.6. The van der Waals surface area contributed by atoms with Gasteiger partial charge in [0.25, 0.3) is 0 Å². The number of nitrogens with zero attached hydrogens (tertiary/aromatic N) is 4. The van der Waals surface area contributed by atoms with Crippen LogP contribution in [0.25, 0.3) is 5.70 Å². The SMILES string of the molecule is CCc1nc(OC/C(=C(/N)c2ccc(OC3CCCCC3)c(C)n2)N(C)N)no1. The molecule has 1 saturated carbocycles. The Bertz CT molecular complexity index is 842. The van der Waals surface area contributed by atoms with Crippen molar-refractivity contribution in [2.75, 3.05) is 13.7 Å². The molecule has 2 aromatic heterocycles. The first-order valence-electron chi connectivity index (χ1n) is 10.0. The van der Waals surface area contributed by atoms with Crippen molar-refractivity contribution in [2.24, 2.45) is 11.6 Å². The van der Waals surface area contributed by atoms with Gasteiger partial charge >= 0.3 is 6.01 Å². The molecule has 4 N–H and O–H groups in total. The van der Waals surface area contributed by atoms with Crippen molar-refractivity contribution >= 4 is 5.70 Å². The number of ether oxygens (including phenoxy) is 2. The summed E-state index contributed by atoms with van der Waals surface area (Å²) < 4.78 is 16.8. The molecule has 2 aromatic rings. The lowest BCUT2D eigenvalue weighted by atomic mass is 9.98. The molecule has 1 aliphatic carbocycles. The average Bonchev–Trinajstić information content (AvgIpc) is 3.18. The van der Waals surface area contributed by atoms with E-state index in [9.17, 15) is 0 Å². The van der Waals surface area contributed by atoms with E-state index in [0.717, 1.165) is 24.3 Å². The Balaban J connectivity index is 1.74. The van der Waals surface area contributed by atoms with Crippen LogP contribution in [-0.4, -0.2) is 39.9 Å². The maximum Gasteiger partial charge on any atom is 0.354 e. The average molecular weight is 402 g/mol. The quantitative estimate of drug-likeness (QED) is 0.506. The molecule has 0 aromatic carbocycles. The van der Waals surface area contributed by atoms with E-state index in [4.69, 9.17) is 25.6 Å². The summed E-state index contributed by atoms with van der Waals surface area (Å²) in [4.78, 5) is 8.74. The molecule has 0 unspecified atom stereocenters. The van der Waals surface area contributed by atoms with Crippen LogP contribution in [0.3, 0.4) is 0 Å². The number of aryl methyl sites for hydroxylation is 2. The van der Waals surface area contributed by atoms with Gasteiger partial charge in [0, 0.05) is 13.5 Å². The maximum atomic E-state index is 6.35. The molecule has 2 heterocycles. The highest BCUT2D eigenvalue weighted by Crippen LogP contribution is 2.26. The summed E-state index contributed by atoms with van der Waals surface area (Å²) in [6, 6.07) is 3.91. The van der Waals surface area contributed by atoms with Crippen molar-refractivity contribution in [3.63, 3.8) is 0 Å². The molecule has 9 nitrogen and oxygen atoms in total. The lowest BCUT2D eigenvalue weighted by Gasteiger charge is -2.24. The molecule has 0 bridgehead atoms. The predicted molar refractivity (Wildman–Crippen MR) is 109 cm³/mol. The number of likely N-dealkylation sites (N-methyl/N-ethyl adjacent to an activating group) is 1. The van der Waals surface area contributed by atoms with Crippen molar-refractivity contribution < 1.29 is 14.0 Å². The van der Waals surface area contributed by atoms with Gasteiger partial charge in [0.15, 0.2) is 0 Å². The molecule has 0 saturated heterocycles. The highest BCUT2D eigenvalue weighted by molar-refractivity contribution is 5.63. The van der Waals surface area contributed by atoms with Crippen LogP contribution in [0.2, 0.25) is 0 Å². The van der Waals surface area contributed by atoms with E-state index in [1.165, 1.54) is 24.3 Å². The summed E-state index contributed by atoms with van der Waals surface area (Å²) in [7, 11) is 1.69. The minimum absolute atomic E-state index is 0.0859. The topological polar surface area (TPSA) is 126 Å². The first-order valence-corrected chi connectivity index (χ1v) is 10.0. The van der Waals surface area contributed by atoms with Crippen LogP contribution in [-0.2, 0) is 6.42 Å². The van der Waals surface area contributed by atoms with Crippen LogP contribution in [0.4, 0.5) is 0 Å². The molecular weight excluding hydrogens is 372 g/mol. The summed E-state index contributed by atoms with van der Waals surface area (Å²) in [6.45, 7) is 3.93. The first kappa shape index (κ1) is 20.9. The number of nitrogens with two attached hydrogens (primary N) is 2. The summed E-state index contributed by atoms with van der Waals surface area (Å²) in [5, 5.41) is 5.17. The third-order valence-electron chi connectivity index (χ3n) is 4.99. The van der Waals surface area contributed by atoms with Crippen LogP contribution in [0.15, 0.2) is 22.4 Å². The Labute approximate surface area is 171 Å². The lowest BCUT2D eigenvalue weighted by molar-refractivity contribution is 0.153. The summed E-state index contributed by atoms with van der Waals surface area (Å²) in [6.07, 6.45) is 6.82. The van der Waals surface area contributed by atoms with Crippen LogP contribution in [0.1, 0.15) is 56.3 Å². The molecule has 29 heavy (non-hydrogen) atoms.